The third kappa shape index (κ3) is 7.61. The molecule has 0 unspecified atom stereocenters. The number of aliphatic hydroxyl groups is 1. The van der Waals surface area contributed by atoms with E-state index >= 15 is 0 Å². The summed E-state index contributed by atoms with van der Waals surface area (Å²) in [6.45, 7) is 15.3. The number of rotatable bonds is 13. The Bertz CT molecular complexity index is 1220. The van der Waals surface area contributed by atoms with Crippen LogP contribution in [0.3, 0.4) is 0 Å². The SMILES string of the molecule is C=CCc1ccc(OCc2cn(C[C@@H](O)Cc3ccc(O[Si](C)(C)C(C)(C)C)c(OC)c3)nn2)c(OC)c1. The summed E-state index contributed by atoms with van der Waals surface area (Å²) < 4.78 is 25.0. The normalized spacial score (nSPS) is 12.6. The summed E-state index contributed by atoms with van der Waals surface area (Å²) in [6.07, 6.45) is 4.17. The molecule has 0 amide bonds. The molecule has 0 fully saturated rings. The Morgan fingerprint density at radius 1 is 1.00 bits per heavy atom. The first-order valence-corrected chi connectivity index (χ1v) is 15.7. The number of aromatic nitrogens is 3. The molecule has 1 N–H and O–H groups in total. The molecule has 0 aliphatic carbocycles. The lowest BCUT2D eigenvalue weighted by Crippen LogP contribution is -2.43. The smallest absolute Gasteiger partial charge is 0.250 e. The number of ether oxygens (including phenoxy) is 3. The van der Waals surface area contributed by atoms with Gasteiger partial charge in [0.25, 0.3) is 8.32 Å². The molecule has 3 rings (SSSR count). The maximum atomic E-state index is 10.7. The van der Waals surface area contributed by atoms with Gasteiger partial charge < -0.3 is 23.7 Å². The summed E-state index contributed by atoms with van der Waals surface area (Å²) in [4.78, 5) is 0. The van der Waals surface area contributed by atoms with Crippen LogP contribution in [0.5, 0.6) is 23.0 Å². The molecule has 38 heavy (non-hydrogen) atoms. The Morgan fingerprint density at radius 3 is 2.29 bits per heavy atom. The van der Waals surface area contributed by atoms with E-state index in [1.807, 2.05) is 42.5 Å². The lowest BCUT2D eigenvalue weighted by Gasteiger charge is -2.36. The molecule has 0 aliphatic heterocycles. The largest absolute Gasteiger partial charge is 0.541 e. The summed E-state index contributed by atoms with van der Waals surface area (Å²) in [5.74, 6) is 2.70. The van der Waals surface area contributed by atoms with Gasteiger partial charge >= 0.3 is 0 Å². The minimum atomic E-state index is -2.00. The molecule has 0 bridgehead atoms. The van der Waals surface area contributed by atoms with Crippen LogP contribution in [0.25, 0.3) is 0 Å². The summed E-state index contributed by atoms with van der Waals surface area (Å²) >= 11 is 0. The molecule has 0 radical (unpaired) electrons. The van der Waals surface area contributed by atoms with Crippen LogP contribution in [0.15, 0.2) is 55.3 Å². The predicted molar refractivity (Wildman–Crippen MR) is 152 cm³/mol. The maximum absolute atomic E-state index is 10.7. The monoisotopic (exact) mass is 539 g/mol. The summed E-state index contributed by atoms with van der Waals surface area (Å²) in [6, 6.07) is 11.6. The zero-order chi connectivity index (χ0) is 27.9. The fourth-order valence-corrected chi connectivity index (χ4v) is 4.70. The average Bonchev–Trinajstić information content (AvgIpc) is 3.30. The third-order valence-electron chi connectivity index (χ3n) is 6.84. The summed E-state index contributed by atoms with van der Waals surface area (Å²) in [5.41, 5.74) is 2.70. The Kier molecular flexibility index (Phi) is 9.62. The molecule has 0 saturated carbocycles. The fourth-order valence-electron chi connectivity index (χ4n) is 3.67. The zero-order valence-corrected chi connectivity index (χ0v) is 24.7. The van der Waals surface area contributed by atoms with Gasteiger partial charge in [-0.3, -0.25) is 0 Å². The van der Waals surface area contributed by atoms with Gasteiger partial charge in [-0.25, -0.2) is 4.68 Å². The molecule has 0 spiro atoms. The molecule has 8 nitrogen and oxygen atoms in total. The van der Waals surface area contributed by atoms with Crippen molar-refractivity contribution >= 4 is 8.32 Å². The number of nitrogens with zero attached hydrogens (tertiary/aromatic N) is 3. The highest BCUT2D eigenvalue weighted by molar-refractivity contribution is 6.74. The van der Waals surface area contributed by atoms with Crippen molar-refractivity contribution in [3.63, 3.8) is 0 Å². The Balaban J connectivity index is 1.58. The van der Waals surface area contributed by atoms with Gasteiger partial charge in [0.1, 0.15) is 18.1 Å². The molecular weight excluding hydrogens is 498 g/mol. The molecule has 1 atom stereocenters. The van der Waals surface area contributed by atoms with E-state index in [1.165, 1.54) is 0 Å². The van der Waals surface area contributed by atoms with Crippen molar-refractivity contribution in [1.82, 2.24) is 15.0 Å². The average molecular weight is 540 g/mol. The van der Waals surface area contributed by atoms with E-state index in [9.17, 15) is 5.11 Å². The Morgan fingerprint density at radius 2 is 1.63 bits per heavy atom. The van der Waals surface area contributed by atoms with Crippen molar-refractivity contribution in [2.45, 2.75) is 71.0 Å². The van der Waals surface area contributed by atoms with Gasteiger partial charge in [-0.05, 0) is 59.9 Å². The van der Waals surface area contributed by atoms with Crippen LogP contribution in [0.4, 0.5) is 0 Å². The Hall–Kier alpha value is -3.30. The Labute approximate surface area is 227 Å². The first kappa shape index (κ1) is 29.3. The van der Waals surface area contributed by atoms with Crippen molar-refractivity contribution in [1.29, 1.82) is 0 Å². The van der Waals surface area contributed by atoms with Crippen LogP contribution in [-0.4, -0.2) is 48.7 Å². The topological polar surface area (TPSA) is 87.9 Å². The second-order valence-corrected chi connectivity index (χ2v) is 15.6. The van der Waals surface area contributed by atoms with E-state index in [0.29, 0.717) is 35.9 Å². The van der Waals surface area contributed by atoms with Crippen LogP contribution in [0, 0.1) is 0 Å². The van der Waals surface area contributed by atoms with Gasteiger partial charge in [0.05, 0.1) is 33.1 Å². The van der Waals surface area contributed by atoms with E-state index in [2.05, 4.69) is 50.8 Å². The fraction of sp³-hybridized carbons (Fsp3) is 0.448. The number of aliphatic hydroxyl groups excluding tert-OH is 1. The molecule has 1 aromatic heterocycles. The van der Waals surface area contributed by atoms with E-state index in [4.69, 9.17) is 18.6 Å². The van der Waals surface area contributed by atoms with Gasteiger partial charge in [0.15, 0.2) is 17.2 Å². The lowest BCUT2D eigenvalue weighted by molar-refractivity contribution is 0.148. The molecular formula is C29H41N3O5Si. The molecule has 2 aromatic carbocycles. The quantitative estimate of drug-likeness (QED) is 0.224. The summed E-state index contributed by atoms with van der Waals surface area (Å²) in [7, 11) is 1.25. The van der Waals surface area contributed by atoms with Crippen LogP contribution in [-0.2, 0) is 26.0 Å². The standard InChI is InChI=1S/C29H41N3O5Si/c1-9-10-21-11-13-25(27(16-21)34-5)36-20-23-18-32(31-30-23)19-24(33)15-22-12-14-26(28(17-22)35-6)37-38(7,8)29(2,3)4/h9,11-14,16-18,24,33H,1,10,15,19-20H2,2-8H3/t24-/m0/s1. The van der Waals surface area contributed by atoms with Gasteiger partial charge in [0, 0.05) is 6.42 Å². The lowest BCUT2D eigenvalue weighted by atomic mass is 10.1. The maximum Gasteiger partial charge on any atom is 0.250 e. The van der Waals surface area contributed by atoms with Crippen molar-refractivity contribution in [2.24, 2.45) is 0 Å². The minimum absolute atomic E-state index is 0.0800. The van der Waals surface area contributed by atoms with Gasteiger partial charge in [0.2, 0.25) is 0 Å². The highest BCUT2D eigenvalue weighted by atomic mass is 28.4. The first-order chi connectivity index (χ1) is 18.0. The predicted octanol–water partition coefficient (Wildman–Crippen LogP) is 5.59. The highest BCUT2D eigenvalue weighted by Gasteiger charge is 2.39. The number of methoxy groups -OCH3 is 2. The zero-order valence-electron chi connectivity index (χ0n) is 23.7. The number of allylic oxidation sites excluding steroid dienone is 1. The molecule has 9 heteroatoms. The van der Waals surface area contributed by atoms with E-state index in [-0.39, 0.29) is 11.6 Å². The highest BCUT2D eigenvalue weighted by Crippen LogP contribution is 2.40. The molecule has 0 saturated heterocycles. The molecule has 3 aromatic rings. The number of hydrogen-bond acceptors (Lipinski definition) is 7. The summed E-state index contributed by atoms with van der Waals surface area (Å²) in [5, 5.41) is 19.1. The van der Waals surface area contributed by atoms with E-state index in [1.54, 1.807) is 25.1 Å². The molecule has 1 heterocycles. The van der Waals surface area contributed by atoms with Gasteiger partial charge in [-0.2, -0.15) is 0 Å². The van der Waals surface area contributed by atoms with Crippen molar-refractivity contribution < 1.29 is 23.7 Å². The molecule has 0 aliphatic rings. The van der Waals surface area contributed by atoms with Gasteiger partial charge in [-0.15, -0.1) is 11.7 Å². The number of hydrogen-bond donors (Lipinski definition) is 1. The van der Waals surface area contributed by atoms with Crippen LogP contribution >= 0.6 is 0 Å². The number of benzene rings is 2. The van der Waals surface area contributed by atoms with Crippen molar-refractivity contribution in [3.8, 4) is 23.0 Å². The van der Waals surface area contributed by atoms with Crippen LogP contribution in [0.2, 0.25) is 18.1 Å². The second-order valence-electron chi connectivity index (χ2n) is 10.9. The minimum Gasteiger partial charge on any atom is -0.541 e. The van der Waals surface area contributed by atoms with Crippen molar-refractivity contribution in [2.75, 3.05) is 14.2 Å². The molecule has 206 valence electrons. The third-order valence-corrected chi connectivity index (χ3v) is 11.2. The van der Waals surface area contributed by atoms with E-state index < -0.39 is 14.4 Å². The van der Waals surface area contributed by atoms with Crippen LogP contribution < -0.4 is 18.6 Å². The van der Waals surface area contributed by atoms with Crippen molar-refractivity contribution in [3.05, 3.63) is 72.1 Å². The van der Waals surface area contributed by atoms with E-state index in [0.717, 1.165) is 23.3 Å². The van der Waals surface area contributed by atoms with Gasteiger partial charge in [-0.1, -0.05) is 44.2 Å². The second kappa shape index (κ2) is 12.5. The first-order valence-electron chi connectivity index (χ1n) is 12.8. The van der Waals surface area contributed by atoms with Crippen LogP contribution in [0.1, 0.15) is 37.6 Å².